The van der Waals surface area contributed by atoms with Crippen molar-refractivity contribution in [2.24, 2.45) is 5.92 Å². The molecule has 0 radical (unpaired) electrons. The number of hydrogen-bond donors (Lipinski definition) is 0. The molecule has 1 aliphatic heterocycles. The molecule has 1 atom stereocenters. The molecule has 0 N–H and O–H groups in total. The molecular weight excluding hydrogens is 314 g/mol. The molecule has 1 aromatic carbocycles. The number of aromatic nitrogens is 3. The highest BCUT2D eigenvalue weighted by Crippen LogP contribution is 2.30. The predicted molar refractivity (Wildman–Crippen MR) is 95.2 cm³/mol. The topological polar surface area (TPSA) is 49.2 Å². The summed E-state index contributed by atoms with van der Waals surface area (Å²) in [6, 6.07) is 5.99. The highest BCUT2D eigenvalue weighted by atomic mass is 16.5. The maximum absolute atomic E-state index is 5.79. The lowest BCUT2D eigenvalue weighted by Crippen LogP contribution is -2.24. The maximum atomic E-state index is 5.79. The minimum Gasteiger partial charge on any atom is -0.496 e. The first-order valence-corrected chi connectivity index (χ1v) is 9.03. The van der Waals surface area contributed by atoms with Crippen LogP contribution in [0, 0.1) is 17.8 Å². The van der Waals surface area contributed by atoms with Gasteiger partial charge in [0.05, 0.1) is 26.0 Å². The maximum Gasteiger partial charge on any atom is 0.128 e. The van der Waals surface area contributed by atoms with E-state index in [1.807, 2.05) is 29.1 Å². The Bertz CT molecular complexity index is 793. The van der Waals surface area contributed by atoms with Crippen LogP contribution in [0.1, 0.15) is 37.7 Å². The lowest BCUT2D eigenvalue weighted by atomic mass is 10.1. The standard InChI is InChI=1S/C20H23N3O2/c1-24-20-10-9-16(8-7-15-5-6-15)12-18(20)19-14-23(22-21-19)13-17-4-2-3-11-25-17/h9-10,12,14-15,17H,2-6,11,13H2,1H3/t17-/m1/s1. The Hall–Kier alpha value is -2.32. The molecule has 5 heteroatoms. The van der Waals surface area contributed by atoms with Gasteiger partial charge in [-0.15, -0.1) is 5.10 Å². The van der Waals surface area contributed by atoms with Gasteiger partial charge in [0.1, 0.15) is 11.4 Å². The Morgan fingerprint density at radius 3 is 2.96 bits per heavy atom. The molecule has 2 heterocycles. The Balaban J connectivity index is 1.55. The lowest BCUT2D eigenvalue weighted by molar-refractivity contribution is 0.00370. The number of nitrogens with zero attached hydrogens (tertiary/aromatic N) is 3. The number of ether oxygens (including phenoxy) is 2. The van der Waals surface area contributed by atoms with E-state index in [0.29, 0.717) is 5.92 Å². The first kappa shape index (κ1) is 16.2. The van der Waals surface area contributed by atoms with E-state index in [-0.39, 0.29) is 6.10 Å². The average molecular weight is 337 g/mol. The third-order valence-corrected chi connectivity index (χ3v) is 4.68. The summed E-state index contributed by atoms with van der Waals surface area (Å²) >= 11 is 0. The molecule has 2 fully saturated rings. The van der Waals surface area contributed by atoms with Gasteiger partial charge in [-0.1, -0.05) is 17.1 Å². The van der Waals surface area contributed by atoms with E-state index in [1.54, 1.807) is 7.11 Å². The summed E-state index contributed by atoms with van der Waals surface area (Å²) in [4.78, 5) is 0. The minimum atomic E-state index is 0.237. The van der Waals surface area contributed by atoms with Crippen LogP contribution in [0.25, 0.3) is 11.3 Å². The van der Waals surface area contributed by atoms with E-state index in [4.69, 9.17) is 9.47 Å². The zero-order valence-corrected chi connectivity index (χ0v) is 14.6. The molecule has 2 aliphatic rings. The zero-order valence-electron chi connectivity index (χ0n) is 14.6. The average Bonchev–Trinajstić information content (AvgIpc) is 3.38. The van der Waals surface area contributed by atoms with Gasteiger partial charge in [-0.2, -0.15) is 0 Å². The molecule has 5 nitrogen and oxygen atoms in total. The van der Waals surface area contributed by atoms with Gasteiger partial charge in [0.15, 0.2) is 0 Å². The Morgan fingerprint density at radius 2 is 2.20 bits per heavy atom. The van der Waals surface area contributed by atoms with Crippen LogP contribution in [0.15, 0.2) is 24.4 Å². The highest BCUT2D eigenvalue weighted by Gasteiger charge is 2.18. The van der Waals surface area contributed by atoms with Gasteiger partial charge in [0, 0.05) is 23.7 Å². The van der Waals surface area contributed by atoms with Crippen molar-refractivity contribution < 1.29 is 9.47 Å². The third-order valence-electron chi connectivity index (χ3n) is 4.68. The molecule has 4 rings (SSSR count). The summed E-state index contributed by atoms with van der Waals surface area (Å²) in [7, 11) is 1.68. The van der Waals surface area contributed by atoms with Crippen LogP contribution >= 0.6 is 0 Å². The third kappa shape index (κ3) is 4.02. The van der Waals surface area contributed by atoms with Crippen LogP contribution in [0.2, 0.25) is 0 Å². The summed E-state index contributed by atoms with van der Waals surface area (Å²) in [5.41, 5.74) is 2.73. The number of rotatable bonds is 4. The molecule has 25 heavy (non-hydrogen) atoms. The Morgan fingerprint density at radius 1 is 1.28 bits per heavy atom. The van der Waals surface area contributed by atoms with Gasteiger partial charge < -0.3 is 9.47 Å². The van der Waals surface area contributed by atoms with Crippen molar-refractivity contribution in [3.05, 3.63) is 30.0 Å². The fourth-order valence-electron chi connectivity index (χ4n) is 3.07. The van der Waals surface area contributed by atoms with Crippen molar-refractivity contribution in [3.63, 3.8) is 0 Å². The SMILES string of the molecule is COc1ccc(C#CC2CC2)cc1-c1cn(C[C@H]2CCCCO2)nn1. The Labute approximate surface area is 148 Å². The quantitative estimate of drug-likeness (QED) is 0.804. The van der Waals surface area contributed by atoms with E-state index in [2.05, 4.69) is 22.2 Å². The molecular formula is C20H23N3O2. The van der Waals surface area contributed by atoms with Gasteiger partial charge >= 0.3 is 0 Å². The van der Waals surface area contributed by atoms with E-state index in [0.717, 1.165) is 48.6 Å². The van der Waals surface area contributed by atoms with Crippen molar-refractivity contribution in [1.29, 1.82) is 0 Å². The molecule has 1 saturated carbocycles. The van der Waals surface area contributed by atoms with Crippen LogP contribution in [0.4, 0.5) is 0 Å². The molecule has 0 amide bonds. The van der Waals surface area contributed by atoms with Gasteiger partial charge in [0.2, 0.25) is 0 Å². The summed E-state index contributed by atoms with van der Waals surface area (Å²) in [5, 5.41) is 8.61. The second kappa shape index (κ2) is 7.28. The van der Waals surface area contributed by atoms with E-state index < -0.39 is 0 Å². The monoisotopic (exact) mass is 337 g/mol. The van der Waals surface area contributed by atoms with Crippen LogP contribution < -0.4 is 4.74 Å². The highest BCUT2D eigenvalue weighted by molar-refractivity contribution is 5.68. The second-order valence-corrected chi connectivity index (χ2v) is 6.77. The van der Waals surface area contributed by atoms with Crippen LogP contribution in [0.5, 0.6) is 5.75 Å². The summed E-state index contributed by atoms with van der Waals surface area (Å²) in [6.07, 6.45) is 8.13. The van der Waals surface area contributed by atoms with E-state index in [1.165, 1.54) is 19.3 Å². The first-order chi connectivity index (χ1) is 12.3. The lowest BCUT2D eigenvalue weighted by Gasteiger charge is -2.21. The largest absolute Gasteiger partial charge is 0.496 e. The van der Waals surface area contributed by atoms with Crippen molar-refractivity contribution in [2.75, 3.05) is 13.7 Å². The number of methoxy groups -OCH3 is 1. The second-order valence-electron chi connectivity index (χ2n) is 6.77. The fraction of sp³-hybridized carbons (Fsp3) is 0.500. The van der Waals surface area contributed by atoms with Crippen LogP contribution in [-0.4, -0.2) is 34.8 Å². The van der Waals surface area contributed by atoms with Crippen LogP contribution in [-0.2, 0) is 11.3 Å². The van der Waals surface area contributed by atoms with Crippen molar-refractivity contribution in [3.8, 4) is 28.8 Å². The predicted octanol–water partition coefficient (Wildman–Crippen LogP) is 3.28. The number of hydrogen-bond acceptors (Lipinski definition) is 4. The molecule has 0 spiro atoms. The summed E-state index contributed by atoms with van der Waals surface area (Å²) in [6.45, 7) is 1.60. The molecule has 1 aromatic heterocycles. The normalized spacial score (nSPS) is 20.0. The fourth-order valence-corrected chi connectivity index (χ4v) is 3.07. The van der Waals surface area contributed by atoms with Gasteiger partial charge in [-0.05, 0) is 50.3 Å². The molecule has 0 unspecified atom stereocenters. The van der Waals surface area contributed by atoms with Crippen molar-refractivity contribution >= 4 is 0 Å². The Kier molecular flexibility index (Phi) is 4.71. The van der Waals surface area contributed by atoms with Crippen molar-refractivity contribution in [1.82, 2.24) is 15.0 Å². The minimum absolute atomic E-state index is 0.237. The van der Waals surface area contributed by atoms with E-state index in [9.17, 15) is 0 Å². The zero-order chi connectivity index (χ0) is 17.1. The smallest absolute Gasteiger partial charge is 0.128 e. The van der Waals surface area contributed by atoms with Gasteiger partial charge in [-0.25, -0.2) is 4.68 Å². The molecule has 1 aliphatic carbocycles. The van der Waals surface area contributed by atoms with Crippen LogP contribution in [0.3, 0.4) is 0 Å². The van der Waals surface area contributed by atoms with E-state index >= 15 is 0 Å². The van der Waals surface area contributed by atoms with Gasteiger partial charge in [0.25, 0.3) is 0 Å². The summed E-state index contributed by atoms with van der Waals surface area (Å²) in [5.74, 6) is 7.93. The first-order valence-electron chi connectivity index (χ1n) is 9.03. The molecule has 130 valence electrons. The van der Waals surface area contributed by atoms with Crippen molar-refractivity contribution in [2.45, 2.75) is 44.8 Å². The molecule has 0 bridgehead atoms. The summed E-state index contributed by atoms with van der Waals surface area (Å²) < 4.78 is 13.2. The molecule has 1 saturated heterocycles. The number of benzene rings is 1. The molecule has 2 aromatic rings. The van der Waals surface area contributed by atoms with Gasteiger partial charge in [-0.3, -0.25) is 0 Å².